The number of carbonyl (C=O) groups is 1. The SMILES string of the molecule is COC(=O)c1cncc(CN2CCN(C[C](C)C)CC2)c1. The molecular weight excluding hydrogens is 266 g/mol. The molecule has 1 aromatic rings. The van der Waals surface area contributed by atoms with Gasteiger partial charge in [-0.1, -0.05) is 13.8 Å². The van der Waals surface area contributed by atoms with E-state index in [2.05, 4.69) is 28.6 Å². The molecule has 1 fully saturated rings. The second-order valence-corrected chi connectivity index (χ2v) is 5.83. The Morgan fingerprint density at radius 1 is 1.19 bits per heavy atom. The number of piperazine rings is 1. The maximum absolute atomic E-state index is 11.5. The molecule has 0 unspecified atom stereocenters. The van der Waals surface area contributed by atoms with Gasteiger partial charge in [0, 0.05) is 51.7 Å². The second kappa shape index (κ2) is 7.52. The Hall–Kier alpha value is -1.46. The summed E-state index contributed by atoms with van der Waals surface area (Å²) in [5, 5.41) is 0. The number of hydrogen-bond acceptors (Lipinski definition) is 5. The van der Waals surface area contributed by atoms with Crippen molar-refractivity contribution in [2.75, 3.05) is 39.8 Å². The minimum atomic E-state index is -0.330. The van der Waals surface area contributed by atoms with Gasteiger partial charge >= 0.3 is 5.97 Å². The molecular formula is C16H24N3O2. The smallest absolute Gasteiger partial charge is 0.339 e. The van der Waals surface area contributed by atoms with Gasteiger partial charge in [0.15, 0.2) is 0 Å². The fourth-order valence-electron chi connectivity index (χ4n) is 2.61. The van der Waals surface area contributed by atoms with E-state index in [0.29, 0.717) is 5.56 Å². The summed E-state index contributed by atoms with van der Waals surface area (Å²) in [5.74, 6) is 1.13. The summed E-state index contributed by atoms with van der Waals surface area (Å²) in [5.41, 5.74) is 1.58. The lowest BCUT2D eigenvalue weighted by molar-refractivity contribution is 0.0600. The fourth-order valence-corrected chi connectivity index (χ4v) is 2.61. The van der Waals surface area contributed by atoms with Gasteiger partial charge in [0.1, 0.15) is 0 Å². The molecule has 0 spiro atoms. The number of ether oxygens (including phenoxy) is 1. The Balaban J connectivity index is 1.87. The fraction of sp³-hybridized carbons (Fsp3) is 0.562. The zero-order chi connectivity index (χ0) is 15.2. The number of rotatable bonds is 5. The summed E-state index contributed by atoms with van der Waals surface area (Å²) in [6.45, 7) is 10.6. The monoisotopic (exact) mass is 290 g/mol. The lowest BCUT2D eigenvalue weighted by Gasteiger charge is -2.35. The normalized spacial score (nSPS) is 17.1. The summed E-state index contributed by atoms with van der Waals surface area (Å²) in [4.78, 5) is 20.5. The molecule has 2 rings (SSSR count). The molecule has 0 saturated carbocycles. The van der Waals surface area contributed by atoms with Crippen LogP contribution in [0.15, 0.2) is 18.5 Å². The van der Waals surface area contributed by atoms with E-state index in [1.807, 2.05) is 12.3 Å². The standard InChI is InChI=1S/C16H24N3O2/c1-13(2)11-18-4-6-19(7-5-18)12-14-8-15(10-17-9-14)16(20)21-3/h8-10H,4-7,11-12H2,1-3H3. The van der Waals surface area contributed by atoms with Gasteiger partial charge in [-0.15, -0.1) is 0 Å². The molecule has 21 heavy (non-hydrogen) atoms. The average Bonchev–Trinajstić information content (AvgIpc) is 2.48. The predicted octanol–water partition coefficient (Wildman–Crippen LogP) is 1.60. The van der Waals surface area contributed by atoms with Gasteiger partial charge in [-0.05, 0) is 17.5 Å². The van der Waals surface area contributed by atoms with Gasteiger partial charge in [-0.25, -0.2) is 4.79 Å². The maximum Gasteiger partial charge on any atom is 0.339 e. The van der Waals surface area contributed by atoms with E-state index >= 15 is 0 Å². The lowest BCUT2D eigenvalue weighted by Crippen LogP contribution is -2.46. The molecule has 1 aliphatic rings. The highest BCUT2D eigenvalue weighted by molar-refractivity contribution is 5.89. The van der Waals surface area contributed by atoms with Crippen LogP contribution in [-0.4, -0.2) is 60.6 Å². The Morgan fingerprint density at radius 3 is 2.48 bits per heavy atom. The molecule has 115 valence electrons. The molecule has 1 saturated heterocycles. The van der Waals surface area contributed by atoms with Crippen LogP contribution in [0.4, 0.5) is 0 Å². The van der Waals surface area contributed by atoms with Crippen molar-refractivity contribution >= 4 is 5.97 Å². The summed E-state index contributed by atoms with van der Waals surface area (Å²) in [6.07, 6.45) is 3.37. The van der Waals surface area contributed by atoms with E-state index < -0.39 is 0 Å². The van der Waals surface area contributed by atoms with Crippen LogP contribution in [0.1, 0.15) is 29.8 Å². The number of aromatic nitrogens is 1. The van der Waals surface area contributed by atoms with E-state index in [1.54, 1.807) is 6.20 Å². The quantitative estimate of drug-likeness (QED) is 0.771. The summed E-state index contributed by atoms with van der Waals surface area (Å²) in [6, 6.07) is 1.87. The van der Waals surface area contributed by atoms with Crippen molar-refractivity contribution in [2.45, 2.75) is 20.4 Å². The van der Waals surface area contributed by atoms with Crippen LogP contribution in [0, 0.1) is 5.92 Å². The van der Waals surface area contributed by atoms with Crippen LogP contribution in [0.25, 0.3) is 0 Å². The van der Waals surface area contributed by atoms with Crippen LogP contribution in [0.5, 0.6) is 0 Å². The first-order chi connectivity index (χ1) is 10.1. The van der Waals surface area contributed by atoms with Crippen LogP contribution >= 0.6 is 0 Å². The third kappa shape index (κ3) is 4.79. The van der Waals surface area contributed by atoms with Crippen molar-refractivity contribution < 1.29 is 9.53 Å². The molecule has 5 heteroatoms. The van der Waals surface area contributed by atoms with E-state index in [0.717, 1.165) is 44.8 Å². The number of nitrogens with zero attached hydrogens (tertiary/aromatic N) is 3. The summed E-state index contributed by atoms with van der Waals surface area (Å²) in [7, 11) is 1.39. The number of carbonyl (C=O) groups excluding carboxylic acids is 1. The minimum absolute atomic E-state index is 0.330. The van der Waals surface area contributed by atoms with Crippen LogP contribution in [0.3, 0.4) is 0 Å². The number of esters is 1. The first-order valence-corrected chi connectivity index (χ1v) is 7.34. The summed E-state index contributed by atoms with van der Waals surface area (Å²) < 4.78 is 4.73. The Labute approximate surface area is 126 Å². The van der Waals surface area contributed by atoms with Crippen molar-refractivity contribution in [1.82, 2.24) is 14.8 Å². The topological polar surface area (TPSA) is 45.7 Å². The molecule has 2 heterocycles. The molecule has 1 radical (unpaired) electrons. The van der Waals surface area contributed by atoms with Gasteiger partial charge in [0.05, 0.1) is 12.7 Å². The Morgan fingerprint density at radius 2 is 1.86 bits per heavy atom. The van der Waals surface area contributed by atoms with Crippen molar-refractivity contribution in [3.05, 3.63) is 35.5 Å². The molecule has 1 aromatic heterocycles. The van der Waals surface area contributed by atoms with Gasteiger partial charge in [0.2, 0.25) is 0 Å². The Kier molecular flexibility index (Phi) is 5.70. The molecule has 0 aromatic carbocycles. The third-order valence-corrected chi connectivity index (χ3v) is 3.63. The number of hydrogen-bond donors (Lipinski definition) is 0. The van der Waals surface area contributed by atoms with E-state index in [4.69, 9.17) is 4.74 Å². The van der Waals surface area contributed by atoms with Crippen molar-refractivity contribution in [3.8, 4) is 0 Å². The van der Waals surface area contributed by atoms with E-state index in [-0.39, 0.29) is 5.97 Å². The van der Waals surface area contributed by atoms with E-state index in [9.17, 15) is 4.79 Å². The highest BCUT2D eigenvalue weighted by Crippen LogP contribution is 2.11. The maximum atomic E-state index is 11.5. The van der Waals surface area contributed by atoms with Gasteiger partial charge < -0.3 is 9.64 Å². The molecule has 5 nitrogen and oxygen atoms in total. The minimum Gasteiger partial charge on any atom is -0.465 e. The largest absolute Gasteiger partial charge is 0.465 e. The highest BCUT2D eigenvalue weighted by Gasteiger charge is 2.18. The van der Waals surface area contributed by atoms with Gasteiger partial charge in [0.25, 0.3) is 0 Å². The Bertz CT molecular complexity index is 468. The summed E-state index contributed by atoms with van der Waals surface area (Å²) >= 11 is 0. The van der Waals surface area contributed by atoms with Crippen molar-refractivity contribution in [2.24, 2.45) is 0 Å². The van der Waals surface area contributed by atoms with Gasteiger partial charge in [-0.3, -0.25) is 9.88 Å². The number of pyridine rings is 1. The van der Waals surface area contributed by atoms with Gasteiger partial charge in [-0.2, -0.15) is 0 Å². The molecule has 0 bridgehead atoms. The zero-order valence-electron chi connectivity index (χ0n) is 13.1. The van der Waals surface area contributed by atoms with E-state index in [1.165, 1.54) is 13.0 Å². The molecule has 0 atom stereocenters. The van der Waals surface area contributed by atoms with Crippen LogP contribution < -0.4 is 0 Å². The molecule has 0 N–H and O–H groups in total. The first-order valence-electron chi connectivity index (χ1n) is 7.34. The predicted molar refractivity (Wildman–Crippen MR) is 81.9 cm³/mol. The molecule has 1 aliphatic heterocycles. The highest BCUT2D eigenvalue weighted by atomic mass is 16.5. The molecule has 0 amide bonds. The third-order valence-electron chi connectivity index (χ3n) is 3.63. The van der Waals surface area contributed by atoms with Crippen molar-refractivity contribution in [3.63, 3.8) is 0 Å². The first kappa shape index (κ1) is 15.9. The molecule has 0 aliphatic carbocycles. The second-order valence-electron chi connectivity index (χ2n) is 5.83. The lowest BCUT2D eigenvalue weighted by atomic mass is 10.1. The van der Waals surface area contributed by atoms with Crippen LogP contribution in [0.2, 0.25) is 0 Å². The van der Waals surface area contributed by atoms with Crippen molar-refractivity contribution in [1.29, 1.82) is 0 Å². The van der Waals surface area contributed by atoms with Crippen LogP contribution in [-0.2, 0) is 11.3 Å². The zero-order valence-corrected chi connectivity index (χ0v) is 13.1. The average molecular weight is 290 g/mol. The number of methoxy groups -OCH3 is 1.